The van der Waals surface area contributed by atoms with Gasteiger partial charge in [-0.3, -0.25) is 14.3 Å². The summed E-state index contributed by atoms with van der Waals surface area (Å²) in [4.78, 5) is 14.3. The molecule has 0 aromatic heterocycles. The maximum absolute atomic E-state index is 12.3. The van der Waals surface area contributed by atoms with Crippen molar-refractivity contribution in [2.75, 3.05) is 19.9 Å². The van der Waals surface area contributed by atoms with Gasteiger partial charge >= 0.3 is 0 Å². The SMILES string of the molecule is CC(=O)N1CCC[C@H](NCOSCc2ccccc2)[C@@H]1CO[C@H]1CC[C@@H](C(C)C)CC1. The van der Waals surface area contributed by atoms with E-state index in [1.807, 2.05) is 23.1 Å². The normalized spacial score (nSPS) is 26.9. The number of carbonyl (C=O) groups excluding carboxylic acids is 1. The van der Waals surface area contributed by atoms with Crippen LogP contribution in [0.4, 0.5) is 0 Å². The van der Waals surface area contributed by atoms with Gasteiger partial charge in [-0.25, -0.2) is 0 Å². The Morgan fingerprint density at radius 3 is 2.58 bits per heavy atom. The van der Waals surface area contributed by atoms with Gasteiger partial charge in [0.05, 0.1) is 18.8 Å². The van der Waals surface area contributed by atoms with E-state index >= 15 is 0 Å². The second kappa shape index (κ2) is 12.8. The van der Waals surface area contributed by atoms with Crippen molar-refractivity contribution in [3.8, 4) is 0 Å². The van der Waals surface area contributed by atoms with E-state index in [0.717, 1.165) is 49.8 Å². The first kappa shape index (κ1) is 24.6. The van der Waals surface area contributed by atoms with Gasteiger partial charge in [-0.1, -0.05) is 44.2 Å². The average molecular weight is 449 g/mol. The zero-order valence-electron chi connectivity index (χ0n) is 19.4. The minimum atomic E-state index is 0.0804. The molecule has 0 unspecified atom stereocenters. The minimum Gasteiger partial charge on any atom is -0.376 e. The van der Waals surface area contributed by atoms with Crippen LogP contribution in [0.1, 0.15) is 64.9 Å². The second-order valence-corrected chi connectivity index (χ2v) is 10.1. The van der Waals surface area contributed by atoms with E-state index in [4.69, 9.17) is 8.92 Å². The summed E-state index contributed by atoms with van der Waals surface area (Å²) in [5.74, 6) is 2.57. The number of nitrogens with one attached hydrogen (secondary N) is 1. The van der Waals surface area contributed by atoms with Crippen molar-refractivity contribution in [2.45, 2.75) is 83.2 Å². The van der Waals surface area contributed by atoms with Crippen LogP contribution in [0.25, 0.3) is 0 Å². The molecule has 1 saturated carbocycles. The molecule has 1 amide bonds. The minimum absolute atomic E-state index is 0.0804. The molecule has 3 rings (SSSR count). The Labute approximate surface area is 192 Å². The molecule has 1 saturated heterocycles. The number of piperidine rings is 1. The fourth-order valence-corrected chi connectivity index (χ4v) is 5.48. The number of likely N-dealkylation sites (tertiary alicyclic amines) is 1. The van der Waals surface area contributed by atoms with Crippen LogP contribution in [0.2, 0.25) is 0 Å². The molecule has 1 aliphatic heterocycles. The van der Waals surface area contributed by atoms with E-state index in [9.17, 15) is 4.79 Å². The quantitative estimate of drug-likeness (QED) is 0.310. The molecule has 1 heterocycles. The first-order valence-corrected chi connectivity index (χ1v) is 12.9. The lowest BCUT2D eigenvalue weighted by Gasteiger charge is -2.42. The van der Waals surface area contributed by atoms with Crippen molar-refractivity contribution in [2.24, 2.45) is 11.8 Å². The molecule has 0 bridgehead atoms. The molecule has 1 aromatic rings. The standard InChI is InChI=1S/C25H40N2O3S/c1-19(2)22-11-13-23(14-12-22)29-16-25-24(10-7-15-27(25)20(3)28)26-18-30-31-17-21-8-5-4-6-9-21/h4-6,8-9,19,22-26H,7,10-18H2,1-3H3/t22-,23+,24-,25-/m0/s1. The highest BCUT2D eigenvalue weighted by atomic mass is 32.2. The molecule has 31 heavy (non-hydrogen) atoms. The molecule has 174 valence electrons. The monoisotopic (exact) mass is 448 g/mol. The number of ether oxygens (including phenoxy) is 1. The number of amides is 1. The lowest BCUT2D eigenvalue weighted by atomic mass is 9.80. The number of hydrogen-bond acceptors (Lipinski definition) is 5. The van der Waals surface area contributed by atoms with Crippen LogP contribution in [-0.2, 0) is 19.5 Å². The number of nitrogens with zero attached hydrogens (tertiary/aromatic N) is 1. The predicted molar refractivity (Wildman–Crippen MR) is 128 cm³/mol. The molecule has 2 aliphatic rings. The summed E-state index contributed by atoms with van der Waals surface area (Å²) in [5.41, 5.74) is 1.26. The summed E-state index contributed by atoms with van der Waals surface area (Å²) in [6.45, 7) is 8.25. The highest BCUT2D eigenvalue weighted by Crippen LogP contribution is 2.31. The molecule has 0 spiro atoms. The molecule has 1 aliphatic carbocycles. The Balaban J connectivity index is 1.44. The van der Waals surface area contributed by atoms with Crippen LogP contribution in [0.15, 0.2) is 30.3 Å². The lowest BCUT2D eigenvalue weighted by molar-refractivity contribution is -0.136. The first-order chi connectivity index (χ1) is 15.0. The zero-order valence-corrected chi connectivity index (χ0v) is 20.2. The Hall–Kier alpha value is -1.08. The Kier molecular flexibility index (Phi) is 10.2. The molecule has 5 nitrogen and oxygen atoms in total. The number of carbonyl (C=O) groups is 1. The maximum atomic E-state index is 12.3. The summed E-state index contributed by atoms with van der Waals surface area (Å²) in [5, 5.41) is 3.54. The number of benzene rings is 1. The number of rotatable bonds is 10. The van der Waals surface area contributed by atoms with Gasteiger partial charge in [-0.2, -0.15) is 0 Å². The van der Waals surface area contributed by atoms with E-state index in [1.165, 1.54) is 30.4 Å². The Bertz CT molecular complexity index is 649. The van der Waals surface area contributed by atoms with Crippen LogP contribution in [-0.4, -0.2) is 48.9 Å². The van der Waals surface area contributed by atoms with Crippen LogP contribution in [0, 0.1) is 11.8 Å². The van der Waals surface area contributed by atoms with Crippen LogP contribution >= 0.6 is 12.0 Å². The summed E-state index contributed by atoms with van der Waals surface area (Å²) in [6, 6.07) is 10.6. The fourth-order valence-electron chi connectivity index (χ4n) is 4.92. The third-order valence-electron chi connectivity index (χ3n) is 6.90. The molecule has 2 atom stereocenters. The van der Waals surface area contributed by atoms with Crippen LogP contribution in [0.3, 0.4) is 0 Å². The second-order valence-electron chi connectivity index (χ2n) is 9.36. The van der Waals surface area contributed by atoms with Crippen molar-refractivity contribution in [3.63, 3.8) is 0 Å². The van der Waals surface area contributed by atoms with Gasteiger partial charge in [0.15, 0.2) is 0 Å². The lowest BCUT2D eigenvalue weighted by Crippen LogP contribution is -2.58. The van der Waals surface area contributed by atoms with Crippen molar-refractivity contribution in [1.29, 1.82) is 0 Å². The van der Waals surface area contributed by atoms with Gasteiger partial charge in [0.25, 0.3) is 0 Å². The predicted octanol–water partition coefficient (Wildman–Crippen LogP) is 5.01. The molecule has 2 fully saturated rings. The Morgan fingerprint density at radius 1 is 1.16 bits per heavy atom. The summed E-state index contributed by atoms with van der Waals surface area (Å²) < 4.78 is 12.1. The van der Waals surface area contributed by atoms with E-state index in [1.54, 1.807) is 6.92 Å². The van der Waals surface area contributed by atoms with Gasteiger partial charge in [0.2, 0.25) is 5.91 Å². The Morgan fingerprint density at radius 2 is 1.90 bits per heavy atom. The van der Waals surface area contributed by atoms with E-state index in [0.29, 0.717) is 19.4 Å². The van der Waals surface area contributed by atoms with Crippen molar-refractivity contribution < 1.29 is 13.7 Å². The van der Waals surface area contributed by atoms with E-state index < -0.39 is 0 Å². The summed E-state index contributed by atoms with van der Waals surface area (Å²) in [6.07, 6.45) is 7.22. The molecular formula is C25H40N2O3S. The third-order valence-corrected chi connectivity index (χ3v) is 7.64. The number of hydrogen-bond donors (Lipinski definition) is 1. The highest BCUT2D eigenvalue weighted by molar-refractivity contribution is 7.93. The topological polar surface area (TPSA) is 50.8 Å². The van der Waals surface area contributed by atoms with Crippen molar-refractivity contribution >= 4 is 17.9 Å². The van der Waals surface area contributed by atoms with E-state index in [2.05, 4.69) is 31.3 Å². The molecule has 6 heteroatoms. The summed E-state index contributed by atoms with van der Waals surface area (Å²) >= 11 is 1.47. The maximum Gasteiger partial charge on any atom is 0.219 e. The highest BCUT2D eigenvalue weighted by Gasteiger charge is 2.34. The summed E-state index contributed by atoms with van der Waals surface area (Å²) in [7, 11) is 0. The zero-order chi connectivity index (χ0) is 22.1. The third kappa shape index (κ3) is 7.77. The smallest absolute Gasteiger partial charge is 0.219 e. The first-order valence-electron chi connectivity index (χ1n) is 11.9. The van der Waals surface area contributed by atoms with Gasteiger partial charge in [0, 0.05) is 25.3 Å². The fraction of sp³-hybridized carbons (Fsp3) is 0.720. The molecule has 1 aromatic carbocycles. The molecule has 1 N–H and O–H groups in total. The van der Waals surface area contributed by atoms with Crippen LogP contribution in [0.5, 0.6) is 0 Å². The van der Waals surface area contributed by atoms with Crippen molar-refractivity contribution in [3.05, 3.63) is 35.9 Å². The van der Waals surface area contributed by atoms with Gasteiger partial charge in [0.1, 0.15) is 6.73 Å². The largest absolute Gasteiger partial charge is 0.376 e. The van der Waals surface area contributed by atoms with Crippen molar-refractivity contribution in [1.82, 2.24) is 10.2 Å². The van der Waals surface area contributed by atoms with Gasteiger partial charge < -0.3 is 9.64 Å². The van der Waals surface area contributed by atoms with Crippen LogP contribution < -0.4 is 5.32 Å². The van der Waals surface area contributed by atoms with E-state index in [-0.39, 0.29) is 18.0 Å². The van der Waals surface area contributed by atoms with Gasteiger partial charge in [-0.05, 0) is 68.0 Å². The molecule has 0 radical (unpaired) electrons. The van der Waals surface area contributed by atoms with Gasteiger partial charge in [-0.15, -0.1) is 0 Å². The average Bonchev–Trinajstić information content (AvgIpc) is 2.78. The molecular weight excluding hydrogens is 408 g/mol.